The minimum Gasteiger partial charge on any atom is -0.324 e. The molecule has 1 unspecified atom stereocenters. The van der Waals surface area contributed by atoms with Crippen molar-refractivity contribution in [2.45, 2.75) is 52.5 Å². The molecular formula is C20H29N3O2. The number of amides is 2. The van der Waals surface area contributed by atoms with Gasteiger partial charge in [-0.15, -0.1) is 0 Å². The van der Waals surface area contributed by atoms with Crippen molar-refractivity contribution in [3.8, 4) is 0 Å². The SMILES string of the molecule is CC(=O)N1CCc2cc(NC(=O)C3(C)CCCN3CC(C)C)ccc21. The number of rotatable bonds is 4. The van der Waals surface area contributed by atoms with E-state index in [0.717, 1.165) is 55.8 Å². The molecule has 25 heavy (non-hydrogen) atoms. The number of nitrogens with zero attached hydrogens (tertiary/aromatic N) is 2. The van der Waals surface area contributed by atoms with Gasteiger partial charge in [0.25, 0.3) is 0 Å². The molecule has 2 aliphatic heterocycles. The van der Waals surface area contributed by atoms with Crippen molar-refractivity contribution in [2.75, 3.05) is 29.9 Å². The van der Waals surface area contributed by atoms with Gasteiger partial charge in [-0.05, 0) is 62.4 Å². The van der Waals surface area contributed by atoms with Crippen LogP contribution in [-0.2, 0) is 16.0 Å². The van der Waals surface area contributed by atoms with Crippen molar-refractivity contribution < 1.29 is 9.59 Å². The van der Waals surface area contributed by atoms with Crippen LogP contribution in [0.5, 0.6) is 0 Å². The average Bonchev–Trinajstić information content (AvgIpc) is 3.11. The number of benzene rings is 1. The maximum absolute atomic E-state index is 13.0. The summed E-state index contributed by atoms with van der Waals surface area (Å²) in [6.45, 7) is 10.7. The van der Waals surface area contributed by atoms with Crippen LogP contribution in [-0.4, -0.2) is 41.9 Å². The summed E-state index contributed by atoms with van der Waals surface area (Å²) in [6, 6.07) is 5.87. The third-order valence-electron chi connectivity index (χ3n) is 5.48. The van der Waals surface area contributed by atoms with Crippen LogP contribution in [0.25, 0.3) is 0 Å². The average molecular weight is 343 g/mol. The van der Waals surface area contributed by atoms with Gasteiger partial charge in [0.1, 0.15) is 0 Å². The fourth-order valence-corrected chi connectivity index (χ4v) is 4.08. The highest BCUT2D eigenvalue weighted by Gasteiger charge is 2.43. The Labute approximate surface area is 150 Å². The molecule has 0 radical (unpaired) electrons. The second-order valence-corrected chi connectivity index (χ2v) is 7.94. The first-order chi connectivity index (χ1) is 11.8. The quantitative estimate of drug-likeness (QED) is 0.914. The molecule has 0 aliphatic carbocycles. The molecule has 136 valence electrons. The number of carbonyl (C=O) groups is 2. The summed E-state index contributed by atoms with van der Waals surface area (Å²) in [4.78, 5) is 28.8. The summed E-state index contributed by atoms with van der Waals surface area (Å²) >= 11 is 0. The number of hydrogen-bond donors (Lipinski definition) is 1. The summed E-state index contributed by atoms with van der Waals surface area (Å²) in [6.07, 6.45) is 2.80. The van der Waals surface area contributed by atoms with E-state index in [2.05, 4.69) is 31.0 Å². The van der Waals surface area contributed by atoms with Crippen LogP contribution in [0.3, 0.4) is 0 Å². The minimum atomic E-state index is -0.436. The van der Waals surface area contributed by atoms with E-state index in [1.165, 1.54) is 0 Å². The van der Waals surface area contributed by atoms with Gasteiger partial charge in [-0.25, -0.2) is 0 Å². The van der Waals surface area contributed by atoms with Gasteiger partial charge in [0.15, 0.2) is 0 Å². The highest BCUT2D eigenvalue weighted by molar-refractivity contribution is 5.99. The zero-order valence-electron chi connectivity index (χ0n) is 15.8. The van der Waals surface area contributed by atoms with Gasteiger partial charge in [0.2, 0.25) is 11.8 Å². The Hall–Kier alpha value is -1.88. The van der Waals surface area contributed by atoms with Crippen molar-refractivity contribution in [3.63, 3.8) is 0 Å². The second kappa shape index (κ2) is 6.79. The third-order valence-corrected chi connectivity index (χ3v) is 5.48. The maximum atomic E-state index is 13.0. The molecule has 0 spiro atoms. The van der Waals surface area contributed by atoms with Crippen LogP contribution in [0.2, 0.25) is 0 Å². The topological polar surface area (TPSA) is 52.7 Å². The lowest BCUT2D eigenvalue weighted by Gasteiger charge is -2.35. The summed E-state index contributed by atoms with van der Waals surface area (Å²) in [5.41, 5.74) is 2.49. The Morgan fingerprint density at radius 3 is 2.72 bits per heavy atom. The molecule has 3 rings (SSSR count). The number of likely N-dealkylation sites (tertiary alicyclic amines) is 1. The standard InChI is InChI=1S/C20H29N3O2/c1-14(2)13-22-10-5-9-20(22,4)19(25)21-17-6-7-18-16(12-17)8-11-23(18)15(3)24/h6-7,12,14H,5,8-11,13H2,1-4H3,(H,21,25). The van der Waals surface area contributed by atoms with Crippen LogP contribution in [0.1, 0.15) is 46.1 Å². The number of anilines is 2. The predicted molar refractivity (Wildman–Crippen MR) is 101 cm³/mol. The lowest BCUT2D eigenvalue weighted by atomic mass is 9.96. The van der Waals surface area contributed by atoms with Crippen molar-refractivity contribution >= 4 is 23.2 Å². The van der Waals surface area contributed by atoms with Gasteiger partial charge in [-0.1, -0.05) is 13.8 Å². The zero-order valence-corrected chi connectivity index (χ0v) is 15.8. The summed E-state index contributed by atoms with van der Waals surface area (Å²) in [5, 5.41) is 3.12. The second-order valence-electron chi connectivity index (χ2n) is 7.94. The Kier molecular flexibility index (Phi) is 4.87. The van der Waals surface area contributed by atoms with Gasteiger partial charge in [0, 0.05) is 31.4 Å². The van der Waals surface area contributed by atoms with Crippen LogP contribution < -0.4 is 10.2 Å². The molecule has 2 aliphatic rings. The van der Waals surface area contributed by atoms with E-state index >= 15 is 0 Å². The molecule has 1 fully saturated rings. The van der Waals surface area contributed by atoms with Crippen LogP contribution >= 0.6 is 0 Å². The summed E-state index contributed by atoms with van der Waals surface area (Å²) in [7, 11) is 0. The Morgan fingerprint density at radius 2 is 2.04 bits per heavy atom. The number of fused-ring (bicyclic) bond motifs is 1. The van der Waals surface area contributed by atoms with E-state index in [4.69, 9.17) is 0 Å². The molecule has 0 aromatic heterocycles. The van der Waals surface area contributed by atoms with E-state index in [0.29, 0.717) is 5.92 Å². The Bertz CT molecular complexity index is 686. The van der Waals surface area contributed by atoms with Crippen molar-refractivity contribution in [2.24, 2.45) is 5.92 Å². The molecule has 5 nitrogen and oxygen atoms in total. The maximum Gasteiger partial charge on any atom is 0.244 e. The van der Waals surface area contributed by atoms with Crippen LogP contribution in [0.4, 0.5) is 11.4 Å². The molecule has 1 atom stereocenters. The molecule has 1 aromatic rings. The molecule has 1 aromatic carbocycles. The van der Waals surface area contributed by atoms with E-state index in [1.54, 1.807) is 11.8 Å². The molecule has 2 heterocycles. The highest BCUT2D eigenvalue weighted by Crippen LogP contribution is 2.33. The molecule has 1 N–H and O–H groups in total. The van der Waals surface area contributed by atoms with Crippen LogP contribution in [0, 0.1) is 5.92 Å². The number of nitrogens with one attached hydrogen (secondary N) is 1. The zero-order chi connectivity index (χ0) is 18.2. The van der Waals surface area contributed by atoms with Crippen LogP contribution in [0.15, 0.2) is 18.2 Å². The normalized spacial score (nSPS) is 23.2. The van der Waals surface area contributed by atoms with Gasteiger partial charge in [-0.2, -0.15) is 0 Å². The van der Waals surface area contributed by atoms with Crippen molar-refractivity contribution in [3.05, 3.63) is 23.8 Å². The molecule has 0 bridgehead atoms. The van der Waals surface area contributed by atoms with E-state index in [9.17, 15) is 9.59 Å². The lowest BCUT2D eigenvalue weighted by molar-refractivity contribution is -0.125. The fourth-order valence-electron chi connectivity index (χ4n) is 4.08. The summed E-state index contributed by atoms with van der Waals surface area (Å²) in [5.74, 6) is 0.688. The molecule has 0 saturated carbocycles. The Morgan fingerprint density at radius 1 is 1.28 bits per heavy atom. The molecule has 2 amide bonds. The van der Waals surface area contributed by atoms with E-state index < -0.39 is 5.54 Å². The third kappa shape index (κ3) is 3.43. The van der Waals surface area contributed by atoms with Crippen molar-refractivity contribution in [1.29, 1.82) is 0 Å². The van der Waals surface area contributed by atoms with Gasteiger partial charge < -0.3 is 10.2 Å². The first-order valence-corrected chi connectivity index (χ1v) is 9.29. The monoisotopic (exact) mass is 343 g/mol. The van der Waals surface area contributed by atoms with Gasteiger partial charge >= 0.3 is 0 Å². The number of hydrogen-bond acceptors (Lipinski definition) is 3. The van der Waals surface area contributed by atoms with E-state index in [1.807, 2.05) is 18.2 Å². The molecular weight excluding hydrogens is 314 g/mol. The van der Waals surface area contributed by atoms with Gasteiger partial charge in [0.05, 0.1) is 5.54 Å². The minimum absolute atomic E-state index is 0.0679. The van der Waals surface area contributed by atoms with Crippen molar-refractivity contribution in [1.82, 2.24) is 4.90 Å². The lowest BCUT2D eigenvalue weighted by Crippen LogP contribution is -2.51. The number of carbonyl (C=O) groups excluding carboxylic acids is 2. The predicted octanol–water partition coefficient (Wildman–Crippen LogP) is 3.04. The summed E-state index contributed by atoms with van der Waals surface area (Å²) < 4.78 is 0. The first-order valence-electron chi connectivity index (χ1n) is 9.29. The molecule has 5 heteroatoms. The largest absolute Gasteiger partial charge is 0.324 e. The molecule has 1 saturated heterocycles. The van der Waals surface area contributed by atoms with E-state index in [-0.39, 0.29) is 11.8 Å². The Balaban J connectivity index is 1.74. The smallest absolute Gasteiger partial charge is 0.244 e. The fraction of sp³-hybridized carbons (Fsp3) is 0.600. The van der Waals surface area contributed by atoms with Gasteiger partial charge in [-0.3, -0.25) is 14.5 Å². The first kappa shape index (κ1) is 17.9. The highest BCUT2D eigenvalue weighted by atomic mass is 16.2.